The molecule has 0 saturated carbocycles. The first-order valence-electron chi connectivity index (χ1n) is 3.96. The number of hydrogen-bond acceptors (Lipinski definition) is 3. The first-order valence-corrected chi connectivity index (χ1v) is 3.96. The van der Waals surface area contributed by atoms with Crippen LogP contribution in [0.3, 0.4) is 0 Å². The van der Waals surface area contributed by atoms with Crippen LogP contribution in [0.15, 0.2) is 24.3 Å². The van der Waals surface area contributed by atoms with E-state index in [1.807, 2.05) is 0 Å². The Morgan fingerprint density at radius 3 is 1.86 bits per heavy atom. The molecule has 0 bridgehead atoms. The molecule has 3 rings (SSSR count). The maximum absolute atomic E-state index is 11.6. The predicted molar refractivity (Wildman–Crippen MR) is 43.2 cm³/mol. The SMILES string of the molecule is O=C1c2ccccc2C(=O)C12[CH-]O2.[Y+3]. The van der Waals surface area contributed by atoms with Crippen LogP contribution < -0.4 is 0 Å². The Morgan fingerprint density at radius 1 is 1.07 bits per heavy atom. The molecule has 0 atom stereocenters. The Labute approximate surface area is 106 Å². The summed E-state index contributed by atoms with van der Waals surface area (Å²) in [5.41, 5.74) is -0.286. The number of benzene rings is 1. The van der Waals surface area contributed by atoms with Crippen LogP contribution in [-0.4, -0.2) is 17.2 Å². The van der Waals surface area contributed by atoms with Crippen LogP contribution in [-0.2, 0) is 37.4 Å². The van der Waals surface area contributed by atoms with E-state index in [0.717, 1.165) is 0 Å². The number of ketones is 2. The maximum Gasteiger partial charge on any atom is 3.00 e. The van der Waals surface area contributed by atoms with Gasteiger partial charge in [-0.25, -0.2) is 0 Å². The molecule has 1 aliphatic carbocycles. The van der Waals surface area contributed by atoms with Crippen LogP contribution in [0, 0.1) is 6.61 Å². The van der Waals surface area contributed by atoms with E-state index in [1.54, 1.807) is 24.3 Å². The second-order valence-electron chi connectivity index (χ2n) is 3.18. The molecule has 1 aromatic carbocycles. The van der Waals surface area contributed by atoms with Crippen molar-refractivity contribution in [2.24, 2.45) is 0 Å². The van der Waals surface area contributed by atoms with E-state index in [9.17, 15) is 9.59 Å². The average molecular weight is 262 g/mol. The molecule has 0 aromatic heterocycles. The van der Waals surface area contributed by atoms with Crippen LogP contribution in [0.5, 0.6) is 0 Å². The van der Waals surface area contributed by atoms with Crippen molar-refractivity contribution in [2.75, 3.05) is 0 Å². The number of rotatable bonds is 0. The Kier molecular flexibility index (Phi) is 2.22. The van der Waals surface area contributed by atoms with Crippen molar-refractivity contribution >= 4 is 11.6 Å². The molecule has 1 aromatic rings. The van der Waals surface area contributed by atoms with Crippen LogP contribution in [0.4, 0.5) is 0 Å². The Morgan fingerprint density at radius 2 is 1.50 bits per heavy atom. The second-order valence-corrected chi connectivity index (χ2v) is 3.18. The predicted octanol–water partition coefficient (Wildman–Crippen LogP) is 0.994. The minimum Gasteiger partial charge on any atom is -0.554 e. The molecular weight excluding hydrogens is 257 g/mol. The standard InChI is InChI=1S/C10H5O3.Y/c11-8-6-3-1-2-4-7(6)9(12)10(8)5-13-10;/h1-5H;/q-1;+3. The summed E-state index contributed by atoms with van der Waals surface area (Å²) in [4.78, 5) is 23.2. The number of carbonyl (C=O) groups is 2. The number of epoxide rings is 1. The Balaban J connectivity index is 0.000000750. The summed E-state index contributed by atoms with van der Waals surface area (Å²) in [6, 6.07) is 6.79. The summed E-state index contributed by atoms with van der Waals surface area (Å²) in [6.07, 6.45) is 0. The summed E-state index contributed by atoms with van der Waals surface area (Å²) in [7, 11) is 0. The van der Waals surface area contributed by atoms with E-state index >= 15 is 0 Å². The Bertz CT molecular complexity index is 398. The first-order chi connectivity index (χ1) is 6.26. The van der Waals surface area contributed by atoms with Crippen molar-refractivity contribution in [1.82, 2.24) is 0 Å². The third kappa shape index (κ3) is 1.03. The van der Waals surface area contributed by atoms with Gasteiger partial charge in [0.05, 0.1) is 5.60 Å². The first kappa shape index (κ1) is 10.2. The second kappa shape index (κ2) is 3.06. The quantitative estimate of drug-likeness (QED) is 0.398. The van der Waals surface area contributed by atoms with Crippen LogP contribution in [0.25, 0.3) is 0 Å². The van der Waals surface area contributed by atoms with E-state index in [1.165, 1.54) is 6.61 Å². The molecule has 64 valence electrons. The van der Waals surface area contributed by atoms with Gasteiger partial charge in [-0.1, -0.05) is 24.3 Å². The molecule has 1 heterocycles. The molecule has 1 aliphatic heterocycles. The summed E-state index contributed by atoms with van der Waals surface area (Å²) in [6.45, 7) is 1.30. The van der Waals surface area contributed by atoms with Gasteiger partial charge in [-0.2, -0.15) is 6.61 Å². The van der Waals surface area contributed by atoms with Gasteiger partial charge < -0.3 is 4.74 Å². The van der Waals surface area contributed by atoms with Crippen molar-refractivity contribution < 1.29 is 47.0 Å². The molecule has 1 spiro atoms. The fraction of sp³-hybridized carbons (Fsp3) is 0.100. The largest absolute Gasteiger partial charge is 3.00 e. The van der Waals surface area contributed by atoms with Gasteiger partial charge in [0, 0.05) is 11.1 Å². The summed E-state index contributed by atoms with van der Waals surface area (Å²) in [5.74, 6) is -0.457. The number of carbonyl (C=O) groups excluding carboxylic acids is 2. The van der Waals surface area contributed by atoms with Gasteiger partial charge in [0.2, 0.25) is 0 Å². The number of ether oxygens (including phenoxy) is 1. The van der Waals surface area contributed by atoms with E-state index in [0.29, 0.717) is 11.1 Å². The van der Waals surface area contributed by atoms with E-state index in [2.05, 4.69) is 0 Å². The van der Waals surface area contributed by atoms with Crippen LogP contribution in [0.2, 0.25) is 0 Å². The van der Waals surface area contributed by atoms with Crippen molar-refractivity contribution in [2.45, 2.75) is 5.60 Å². The smallest absolute Gasteiger partial charge is 0.554 e. The minimum atomic E-state index is -1.23. The fourth-order valence-corrected chi connectivity index (χ4v) is 1.66. The van der Waals surface area contributed by atoms with E-state index in [4.69, 9.17) is 4.74 Å². The van der Waals surface area contributed by atoms with E-state index in [-0.39, 0.29) is 44.3 Å². The minimum absolute atomic E-state index is 0. The summed E-state index contributed by atoms with van der Waals surface area (Å²) < 4.78 is 4.84. The molecular formula is C10H5O3Y+2. The van der Waals surface area contributed by atoms with Gasteiger partial charge in [-0.15, -0.1) is 0 Å². The van der Waals surface area contributed by atoms with Gasteiger partial charge >= 0.3 is 32.7 Å². The molecule has 14 heavy (non-hydrogen) atoms. The molecule has 0 amide bonds. The number of Topliss-reactive ketones (excluding diaryl/α,β-unsaturated/α-hetero) is 2. The van der Waals surface area contributed by atoms with Crippen molar-refractivity contribution in [3.8, 4) is 0 Å². The monoisotopic (exact) mass is 262 g/mol. The molecule has 2 aliphatic rings. The van der Waals surface area contributed by atoms with Crippen molar-refractivity contribution in [1.29, 1.82) is 0 Å². The number of fused-ring (bicyclic) bond motifs is 1. The molecule has 1 saturated heterocycles. The molecule has 1 fully saturated rings. The fourth-order valence-electron chi connectivity index (χ4n) is 1.66. The van der Waals surface area contributed by atoms with Gasteiger partial charge in [-0.3, -0.25) is 9.59 Å². The molecule has 0 N–H and O–H groups in total. The topological polar surface area (TPSA) is 46.7 Å². The summed E-state index contributed by atoms with van der Waals surface area (Å²) >= 11 is 0. The van der Waals surface area contributed by atoms with Gasteiger partial charge in [-0.05, 0) is 0 Å². The molecule has 3 nitrogen and oxygen atoms in total. The summed E-state index contributed by atoms with van der Waals surface area (Å²) in [5, 5.41) is 0. The number of hydrogen-bond donors (Lipinski definition) is 0. The van der Waals surface area contributed by atoms with Crippen LogP contribution in [0.1, 0.15) is 20.7 Å². The van der Waals surface area contributed by atoms with Gasteiger partial charge in [0.15, 0.2) is 11.6 Å². The van der Waals surface area contributed by atoms with Crippen LogP contribution >= 0.6 is 0 Å². The zero-order chi connectivity index (χ0) is 9.05. The van der Waals surface area contributed by atoms with E-state index < -0.39 is 5.60 Å². The average Bonchev–Trinajstić information content (AvgIpc) is 2.93. The van der Waals surface area contributed by atoms with Gasteiger partial charge in [0.25, 0.3) is 0 Å². The van der Waals surface area contributed by atoms with Gasteiger partial charge in [0.1, 0.15) is 0 Å². The third-order valence-electron chi connectivity index (χ3n) is 2.44. The Hall–Kier alpha value is -0.376. The molecule has 0 unspecified atom stereocenters. The zero-order valence-corrected chi connectivity index (χ0v) is 10.0. The molecule has 0 radical (unpaired) electrons. The zero-order valence-electron chi connectivity index (χ0n) is 7.19. The maximum atomic E-state index is 11.6. The normalized spacial score (nSPS) is 20.6. The van der Waals surface area contributed by atoms with Crippen molar-refractivity contribution in [3.63, 3.8) is 0 Å². The third-order valence-corrected chi connectivity index (χ3v) is 2.44. The molecule has 4 heteroatoms. The van der Waals surface area contributed by atoms with Crippen molar-refractivity contribution in [3.05, 3.63) is 42.0 Å².